The van der Waals surface area contributed by atoms with Crippen molar-refractivity contribution in [3.8, 4) is 0 Å². The molecular weight excluding hydrogens is 250 g/mol. The maximum absolute atomic E-state index is 5.84. The van der Waals surface area contributed by atoms with Gasteiger partial charge in [-0.1, -0.05) is 23.7 Å². The van der Waals surface area contributed by atoms with Gasteiger partial charge in [0.1, 0.15) is 0 Å². The highest BCUT2D eigenvalue weighted by Crippen LogP contribution is 2.15. The number of hydrogen-bond acceptors (Lipinski definition) is 2. The molecule has 17 heavy (non-hydrogen) atoms. The first-order chi connectivity index (χ1) is 7.97. The van der Waals surface area contributed by atoms with Gasteiger partial charge in [-0.05, 0) is 57.2 Å². The van der Waals surface area contributed by atoms with Crippen molar-refractivity contribution < 1.29 is 0 Å². The molecule has 3 heteroatoms. The lowest BCUT2D eigenvalue weighted by atomic mass is 10.1. The molecule has 0 radical (unpaired) electrons. The molecule has 0 atom stereocenters. The quantitative estimate of drug-likeness (QED) is 0.772. The standard InChI is InChI=1S/C14H22ClNS/c1-14(2,3)16-9-4-10-17-11-12-5-7-13(15)8-6-12/h5-8,16H,4,9-11H2,1-3H3. The average molecular weight is 272 g/mol. The summed E-state index contributed by atoms with van der Waals surface area (Å²) in [5.74, 6) is 2.28. The summed E-state index contributed by atoms with van der Waals surface area (Å²) in [5.41, 5.74) is 1.59. The van der Waals surface area contributed by atoms with Crippen LogP contribution in [0.3, 0.4) is 0 Å². The highest BCUT2D eigenvalue weighted by Gasteiger charge is 2.06. The predicted octanol–water partition coefficient (Wildman–Crippen LogP) is 4.35. The van der Waals surface area contributed by atoms with E-state index in [1.165, 1.54) is 17.7 Å². The molecule has 0 aliphatic carbocycles. The highest BCUT2D eigenvalue weighted by atomic mass is 35.5. The Balaban J connectivity index is 2.07. The van der Waals surface area contributed by atoms with Gasteiger partial charge in [-0.3, -0.25) is 0 Å². The van der Waals surface area contributed by atoms with Crippen molar-refractivity contribution in [2.75, 3.05) is 12.3 Å². The number of nitrogens with one attached hydrogen (secondary N) is 1. The fourth-order valence-electron chi connectivity index (χ4n) is 1.41. The number of thioether (sulfide) groups is 1. The van der Waals surface area contributed by atoms with E-state index in [2.05, 4.69) is 38.2 Å². The van der Waals surface area contributed by atoms with Crippen LogP contribution in [0.4, 0.5) is 0 Å². The van der Waals surface area contributed by atoms with E-state index in [4.69, 9.17) is 11.6 Å². The van der Waals surface area contributed by atoms with Crippen LogP contribution < -0.4 is 5.32 Å². The first kappa shape index (κ1) is 14.9. The maximum Gasteiger partial charge on any atom is 0.0406 e. The highest BCUT2D eigenvalue weighted by molar-refractivity contribution is 7.98. The van der Waals surface area contributed by atoms with Gasteiger partial charge >= 0.3 is 0 Å². The lowest BCUT2D eigenvalue weighted by Gasteiger charge is -2.20. The summed E-state index contributed by atoms with van der Waals surface area (Å²) in [5, 5.41) is 4.31. The van der Waals surface area contributed by atoms with Crippen molar-refractivity contribution >= 4 is 23.4 Å². The molecular formula is C14H22ClNS. The van der Waals surface area contributed by atoms with Crippen LogP contribution in [0.5, 0.6) is 0 Å². The van der Waals surface area contributed by atoms with E-state index >= 15 is 0 Å². The van der Waals surface area contributed by atoms with Crippen LogP contribution in [-0.2, 0) is 5.75 Å². The minimum absolute atomic E-state index is 0.237. The van der Waals surface area contributed by atoms with Gasteiger partial charge in [-0.25, -0.2) is 0 Å². The van der Waals surface area contributed by atoms with E-state index in [1.54, 1.807) is 0 Å². The maximum atomic E-state index is 5.84. The number of rotatable bonds is 6. The summed E-state index contributed by atoms with van der Waals surface area (Å²) < 4.78 is 0. The van der Waals surface area contributed by atoms with E-state index in [0.717, 1.165) is 17.3 Å². The van der Waals surface area contributed by atoms with Gasteiger partial charge in [0.25, 0.3) is 0 Å². The zero-order valence-corrected chi connectivity index (χ0v) is 12.5. The van der Waals surface area contributed by atoms with Gasteiger partial charge in [0.2, 0.25) is 0 Å². The number of halogens is 1. The predicted molar refractivity (Wildman–Crippen MR) is 80.0 cm³/mol. The van der Waals surface area contributed by atoms with Crippen LogP contribution in [0.1, 0.15) is 32.8 Å². The van der Waals surface area contributed by atoms with E-state index in [-0.39, 0.29) is 5.54 Å². The van der Waals surface area contributed by atoms with Crippen molar-refractivity contribution in [3.63, 3.8) is 0 Å². The summed E-state index contributed by atoms with van der Waals surface area (Å²) >= 11 is 7.82. The molecule has 1 nitrogen and oxygen atoms in total. The molecule has 0 saturated heterocycles. The molecule has 0 fully saturated rings. The molecule has 0 saturated carbocycles. The normalized spacial score (nSPS) is 11.8. The van der Waals surface area contributed by atoms with Gasteiger partial charge < -0.3 is 5.32 Å². The smallest absolute Gasteiger partial charge is 0.0406 e. The second-order valence-electron chi connectivity index (χ2n) is 5.21. The van der Waals surface area contributed by atoms with E-state index in [0.29, 0.717) is 0 Å². The largest absolute Gasteiger partial charge is 0.312 e. The van der Waals surface area contributed by atoms with Crippen molar-refractivity contribution in [1.82, 2.24) is 5.32 Å². The molecule has 0 aliphatic heterocycles. The van der Waals surface area contributed by atoms with E-state index < -0.39 is 0 Å². The summed E-state index contributed by atoms with van der Waals surface area (Å²) in [7, 11) is 0. The first-order valence-electron chi connectivity index (χ1n) is 6.04. The van der Waals surface area contributed by atoms with E-state index in [1.807, 2.05) is 23.9 Å². The topological polar surface area (TPSA) is 12.0 Å². The van der Waals surface area contributed by atoms with Gasteiger partial charge in [-0.15, -0.1) is 0 Å². The third-order valence-electron chi connectivity index (χ3n) is 2.30. The Bertz CT molecular complexity index is 316. The Morgan fingerprint density at radius 3 is 2.41 bits per heavy atom. The van der Waals surface area contributed by atoms with Crippen molar-refractivity contribution in [3.05, 3.63) is 34.9 Å². The lowest BCUT2D eigenvalue weighted by molar-refractivity contribution is 0.427. The number of hydrogen-bond donors (Lipinski definition) is 1. The summed E-state index contributed by atoms with van der Waals surface area (Å²) in [6.45, 7) is 7.70. The third-order valence-corrected chi connectivity index (χ3v) is 3.67. The Hall–Kier alpha value is -0.180. The third kappa shape index (κ3) is 7.69. The Labute approximate surface area is 114 Å². The molecule has 0 unspecified atom stereocenters. The lowest BCUT2D eigenvalue weighted by Crippen LogP contribution is -2.36. The van der Waals surface area contributed by atoms with Crippen molar-refractivity contribution in [2.24, 2.45) is 0 Å². The summed E-state index contributed by atoms with van der Waals surface area (Å²) in [4.78, 5) is 0. The summed E-state index contributed by atoms with van der Waals surface area (Å²) in [6.07, 6.45) is 1.22. The molecule has 1 aromatic carbocycles. The fourth-order valence-corrected chi connectivity index (χ4v) is 2.46. The van der Waals surface area contributed by atoms with Crippen LogP contribution in [0, 0.1) is 0 Å². The molecule has 1 N–H and O–H groups in total. The Kier molecular flexibility index (Phi) is 6.39. The van der Waals surface area contributed by atoms with Crippen LogP contribution in [0.2, 0.25) is 5.02 Å². The molecule has 1 rings (SSSR count). The molecule has 0 aliphatic rings. The molecule has 0 heterocycles. The molecule has 96 valence electrons. The molecule has 1 aromatic rings. The first-order valence-corrected chi connectivity index (χ1v) is 7.58. The zero-order chi connectivity index (χ0) is 12.7. The minimum atomic E-state index is 0.237. The molecule has 0 spiro atoms. The van der Waals surface area contributed by atoms with Crippen molar-refractivity contribution in [2.45, 2.75) is 38.5 Å². The molecule has 0 amide bonds. The van der Waals surface area contributed by atoms with Gasteiger partial charge in [-0.2, -0.15) is 11.8 Å². The van der Waals surface area contributed by atoms with E-state index in [9.17, 15) is 0 Å². The Morgan fingerprint density at radius 1 is 1.18 bits per heavy atom. The SMILES string of the molecule is CC(C)(C)NCCCSCc1ccc(Cl)cc1. The van der Waals surface area contributed by atoms with Crippen LogP contribution in [-0.4, -0.2) is 17.8 Å². The van der Waals surface area contributed by atoms with Crippen molar-refractivity contribution in [1.29, 1.82) is 0 Å². The second kappa shape index (κ2) is 7.30. The second-order valence-corrected chi connectivity index (χ2v) is 6.75. The number of benzene rings is 1. The monoisotopic (exact) mass is 271 g/mol. The molecule has 0 bridgehead atoms. The molecule has 0 aromatic heterocycles. The van der Waals surface area contributed by atoms with Crippen LogP contribution in [0.25, 0.3) is 0 Å². The zero-order valence-electron chi connectivity index (χ0n) is 10.9. The fraction of sp³-hybridized carbons (Fsp3) is 0.571. The van der Waals surface area contributed by atoms with Gasteiger partial charge in [0.05, 0.1) is 0 Å². The van der Waals surface area contributed by atoms with Crippen LogP contribution in [0.15, 0.2) is 24.3 Å². The van der Waals surface area contributed by atoms with Gasteiger partial charge in [0, 0.05) is 16.3 Å². The average Bonchev–Trinajstić information content (AvgIpc) is 2.24. The summed E-state index contributed by atoms with van der Waals surface area (Å²) in [6, 6.07) is 8.11. The van der Waals surface area contributed by atoms with Gasteiger partial charge in [0.15, 0.2) is 0 Å². The Morgan fingerprint density at radius 2 is 1.82 bits per heavy atom. The van der Waals surface area contributed by atoms with Crippen LogP contribution >= 0.6 is 23.4 Å². The minimum Gasteiger partial charge on any atom is -0.312 e.